The fourth-order valence-corrected chi connectivity index (χ4v) is 2.83. The van der Waals surface area contributed by atoms with Gasteiger partial charge in [0.1, 0.15) is 0 Å². The number of unbranched alkanes of at least 4 members (excludes halogenated alkanes) is 5. The third-order valence-electron chi connectivity index (χ3n) is 3.88. The molecule has 0 amide bonds. The van der Waals surface area contributed by atoms with Gasteiger partial charge in [-0.25, -0.2) is 0 Å². The number of hydrogen-bond donors (Lipinski definition) is 0. The Bertz CT molecular complexity index is 192. The topological polar surface area (TPSA) is 3.24 Å². The zero-order valence-corrected chi connectivity index (χ0v) is 12.0. The minimum Gasteiger partial charge on any atom is -0.297 e. The van der Waals surface area contributed by atoms with Gasteiger partial charge in [-0.15, -0.1) is 0 Å². The Labute approximate surface area is 108 Å². The lowest BCUT2D eigenvalue weighted by molar-refractivity contribution is 0.266. The molecule has 100 valence electrons. The van der Waals surface area contributed by atoms with Crippen molar-refractivity contribution < 1.29 is 0 Å². The average Bonchev–Trinajstić information content (AvgIpc) is 2.86. The summed E-state index contributed by atoms with van der Waals surface area (Å²) in [6.45, 7) is 7.09. The number of nitrogens with zero attached hydrogens (tertiary/aromatic N) is 1. The SMILES string of the molecule is C/C=C/C(CCCCCCCC)N1CCCC1. The fourth-order valence-electron chi connectivity index (χ4n) is 2.83. The minimum absolute atomic E-state index is 0.730. The van der Waals surface area contributed by atoms with Gasteiger partial charge < -0.3 is 0 Å². The van der Waals surface area contributed by atoms with E-state index in [1.54, 1.807) is 0 Å². The molecule has 1 saturated heterocycles. The van der Waals surface area contributed by atoms with Crippen LogP contribution >= 0.6 is 0 Å². The highest BCUT2D eigenvalue weighted by Crippen LogP contribution is 2.18. The van der Waals surface area contributed by atoms with Gasteiger partial charge in [0.15, 0.2) is 0 Å². The van der Waals surface area contributed by atoms with Crippen molar-refractivity contribution >= 4 is 0 Å². The van der Waals surface area contributed by atoms with Crippen molar-refractivity contribution in [2.45, 2.75) is 77.7 Å². The molecule has 1 heterocycles. The largest absolute Gasteiger partial charge is 0.297 e. The molecule has 0 N–H and O–H groups in total. The van der Waals surface area contributed by atoms with Gasteiger partial charge in [0.25, 0.3) is 0 Å². The Morgan fingerprint density at radius 1 is 1.00 bits per heavy atom. The molecule has 1 nitrogen and oxygen atoms in total. The summed E-state index contributed by atoms with van der Waals surface area (Å²) in [5.74, 6) is 0. The number of allylic oxidation sites excluding steroid dienone is 1. The van der Waals surface area contributed by atoms with E-state index >= 15 is 0 Å². The van der Waals surface area contributed by atoms with Gasteiger partial charge in [-0.05, 0) is 39.3 Å². The highest BCUT2D eigenvalue weighted by molar-refractivity contribution is 4.93. The van der Waals surface area contributed by atoms with E-state index in [1.165, 1.54) is 70.9 Å². The third-order valence-corrected chi connectivity index (χ3v) is 3.88. The minimum atomic E-state index is 0.730. The maximum absolute atomic E-state index is 2.67. The first-order valence-corrected chi connectivity index (χ1v) is 7.75. The van der Waals surface area contributed by atoms with E-state index in [2.05, 4.69) is 30.9 Å². The molecule has 1 aliphatic rings. The molecule has 0 spiro atoms. The van der Waals surface area contributed by atoms with E-state index in [-0.39, 0.29) is 0 Å². The molecule has 0 aliphatic carbocycles. The first kappa shape index (κ1) is 14.8. The van der Waals surface area contributed by atoms with Crippen LogP contribution in [0.25, 0.3) is 0 Å². The quantitative estimate of drug-likeness (QED) is 0.412. The highest BCUT2D eigenvalue weighted by atomic mass is 15.2. The second-order valence-electron chi connectivity index (χ2n) is 5.39. The lowest BCUT2D eigenvalue weighted by Gasteiger charge is -2.24. The molecule has 0 radical (unpaired) electrons. The van der Waals surface area contributed by atoms with Crippen LogP contribution in [0.2, 0.25) is 0 Å². The van der Waals surface area contributed by atoms with Gasteiger partial charge in [0.05, 0.1) is 0 Å². The molecule has 1 heteroatoms. The molecule has 1 rings (SSSR count). The standard InChI is InChI=1S/C16H31N/c1-3-5-6-7-8-9-13-16(12-4-2)17-14-10-11-15-17/h4,12,16H,3,5-11,13-15H2,1-2H3/b12-4+. The first-order valence-electron chi connectivity index (χ1n) is 7.75. The molecular weight excluding hydrogens is 206 g/mol. The molecule has 0 aromatic heterocycles. The van der Waals surface area contributed by atoms with Crippen LogP contribution < -0.4 is 0 Å². The van der Waals surface area contributed by atoms with Crippen LogP contribution in [0.1, 0.15) is 71.6 Å². The Kier molecular flexibility index (Phi) is 8.42. The molecule has 0 bridgehead atoms. The number of rotatable bonds is 9. The van der Waals surface area contributed by atoms with E-state index in [9.17, 15) is 0 Å². The number of hydrogen-bond acceptors (Lipinski definition) is 1. The summed E-state index contributed by atoms with van der Waals surface area (Å²) >= 11 is 0. The van der Waals surface area contributed by atoms with Crippen molar-refractivity contribution in [2.24, 2.45) is 0 Å². The smallest absolute Gasteiger partial charge is 0.0278 e. The van der Waals surface area contributed by atoms with Crippen molar-refractivity contribution in [3.63, 3.8) is 0 Å². The Morgan fingerprint density at radius 2 is 1.65 bits per heavy atom. The zero-order chi connectivity index (χ0) is 12.3. The van der Waals surface area contributed by atoms with Crippen molar-refractivity contribution in [1.29, 1.82) is 0 Å². The van der Waals surface area contributed by atoms with Crippen molar-refractivity contribution in [3.05, 3.63) is 12.2 Å². The van der Waals surface area contributed by atoms with E-state index in [0.29, 0.717) is 0 Å². The first-order chi connectivity index (χ1) is 8.38. The van der Waals surface area contributed by atoms with E-state index in [4.69, 9.17) is 0 Å². The van der Waals surface area contributed by atoms with Gasteiger partial charge in [-0.1, -0.05) is 57.6 Å². The van der Waals surface area contributed by atoms with Crippen LogP contribution in [-0.4, -0.2) is 24.0 Å². The van der Waals surface area contributed by atoms with Gasteiger partial charge in [0, 0.05) is 6.04 Å². The third kappa shape index (κ3) is 6.26. The summed E-state index contributed by atoms with van der Waals surface area (Å²) < 4.78 is 0. The second-order valence-corrected chi connectivity index (χ2v) is 5.39. The summed E-state index contributed by atoms with van der Waals surface area (Å²) in [6.07, 6.45) is 17.3. The summed E-state index contributed by atoms with van der Waals surface area (Å²) in [7, 11) is 0. The van der Waals surface area contributed by atoms with E-state index < -0.39 is 0 Å². The predicted molar refractivity (Wildman–Crippen MR) is 77.4 cm³/mol. The zero-order valence-electron chi connectivity index (χ0n) is 12.0. The predicted octanol–water partition coefficient (Wildman–Crippen LogP) is 4.78. The van der Waals surface area contributed by atoms with Gasteiger partial charge in [-0.2, -0.15) is 0 Å². The Morgan fingerprint density at radius 3 is 2.29 bits per heavy atom. The van der Waals surface area contributed by atoms with Gasteiger partial charge >= 0.3 is 0 Å². The fraction of sp³-hybridized carbons (Fsp3) is 0.875. The molecule has 17 heavy (non-hydrogen) atoms. The molecule has 1 atom stereocenters. The molecule has 1 fully saturated rings. The van der Waals surface area contributed by atoms with Crippen LogP contribution in [0, 0.1) is 0 Å². The van der Waals surface area contributed by atoms with Crippen LogP contribution in [0.15, 0.2) is 12.2 Å². The summed E-state index contributed by atoms with van der Waals surface area (Å²) in [5, 5.41) is 0. The van der Waals surface area contributed by atoms with Crippen LogP contribution in [-0.2, 0) is 0 Å². The average molecular weight is 237 g/mol. The molecule has 0 saturated carbocycles. The van der Waals surface area contributed by atoms with Crippen LogP contribution in [0.4, 0.5) is 0 Å². The second kappa shape index (κ2) is 9.70. The monoisotopic (exact) mass is 237 g/mol. The van der Waals surface area contributed by atoms with Crippen LogP contribution in [0.3, 0.4) is 0 Å². The Hall–Kier alpha value is -0.300. The summed E-state index contributed by atoms with van der Waals surface area (Å²) in [4.78, 5) is 2.67. The molecule has 1 aliphatic heterocycles. The van der Waals surface area contributed by atoms with Crippen molar-refractivity contribution in [2.75, 3.05) is 13.1 Å². The van der Waals surface area contributed by atoms with E-state index in [0.717, 1.165) is 6.04 Å². The maximum atomic E-state index is 2.67. The summed E-state index contributed by atoms with van der Waals surface area (Å²) in [5.41, 5.74) is 0. The van der Waals surface area contributed by atoms with E-state index in [1.807, 2.05) is 0 Å². The Balaban J connectivity index is 2.11. The lowest BCUT2D eigenvalue weighted by atomic mass is 10.0. The molecule has 1 unspecified atom stereocenters. The normalized spacial score (nSPS) is 19.2. The lowest BCUT2D eigenvalue weighted by Crippen LogP contribution is -2.30. The van der Waals surface area contributed by atoms with Crippen molar-refractivity contribution in [1.82, 2.24) is 4.90 Å². The highest BCUT2D eigenvalue weighted by Gasteiger charge is 2.18. The van der Waals surface area contributed by atoms with Crippen molar-refractivity contribution in [3.8, 4) is 0 Å². The van der Waals surface area contributed by atoms with Gasteiger partial charge in [-0.3, -0.25) is 4.90 Å². The molecule has 0 aromatic rings. The number of likely N-dealkylation sites (tertiary alicyclic amines) is 1. The van der Waals surface area contributed by atoms with Crippen LogP contribution in [0.5, 0.6) is 0 Å². The molecular formula is C16H31N. The maximum Gasteiger partial charge on any atom is 0.0278 e. The van der Waals surface area contributed by atoms with Gasteiger partial charge in [0.2, 0.25) is 0 Å². The molecule has 0 aromatic carbocycles. The summed E-state index contributed by atoms with van der Waals surface area (Å²) in [6, 6.07) is 0.730.